The zero-order valence-electron chi connectivity index (χ0n) is 16.4. The number of pyridine rings is 2. The first-order chi connectivity index (χ1) is 14.0. The predicted octanol–water partition coefficient (Wildman–Crippen LogP) is 4.16. The molecule has 146 valence electrons. The van der Waals surface area contributed by atoms with Crippen LogP contribution >= 0.6 is 0 Å². The Bertz CT molecular complexity index is 1180. The van der Waals surface area contributed by atoms with E-state index in [2.05, 4.69) is 15.1 Å². The van der Waals surface area contributed by atoms with Gasteiger partial charge in [-0.2, -0.15) is 0 Å². The van der Waals surface area contributed by atoms with Crippen LogP contribution in [-0.2, 0) is 11.3 Å². The van der Waals surface area contributed by atoms with Crippen molar-refractivity contribution in [1.82, 2.24) is 15.1 Å². The normalized spacial score (nSPS) is 11.0. The average Bonchev–Trinajstić information content (AvgIpc) is 3.04. The highest BCUT2D eigenvalue weighted by molar-refractivity contribution is 6.03. The molecule has 7 nitrogen and oxygen atoms in total. The van der Waals surface area contributed by atoms with Gasteiger partial charge in [-0.05, 0) is 44.2 Å². The maximum absolute atomic E-state index is 12.4. The molecule has 1 amide bonds. The molecule has 1 N–H and O–H groups in total. The van der Waals surface area contributed by atoms with E-state index >= 15 is 0 Å². The van der Waals surface area contributed by atoms with Gasteiger partial charge in [0.1, 0.15) is 11.5 Å². The molecule has 0 aliphatic rings. The molecule has 0 unspecified atom stereocenters. The van der Waals surface area contributed by atoms with Gasteiger partial charge in [0.15, 0.2) is 0 Å². The number of phenols is 1. The van der Waals surface area contributed by atoms with E-state index < -0.39 is 0 Å². The van der Waals surface area contributed by atoms with Gasteiger partial charge >= 0.3 is 0 Å². The van der Waals surface area contributed by atoms with Gasteiger partial charge in [0.05, 0.1) is 34.7 Å². The fourth-order valence-corrected chi connectivity index (χ4v) is 3.49. The number of amides is 1. The van der Waals surface area contributed by atoms with E-state index in [1.165, 1.54) is 6.92 Å². The third-order valence-corrected chi connectivity index (χ3v) is 4.86. The van der Waals surface area contributed by atoms with E-state index in [0.29, 0.717) is 40.2 Å². The lowest BCUT2D eigenvalue weighted by atomic mass is 10.00. The fraction of sp³-hybridized carbons (Fsp3) is 0.182. The van der Waals surface area contributed by atoms with Crippen LogP contribution in [-0.4, -0.2) is 26.1 Å². The van der Waals surface area contributed by atoms with Crippen molar-refractivity contribution in [2.45, 2.75) is 27.3 Å². The van der Waals surface area contributed by atoms with Gasteiger partial charge in [-0.3, -0.25) is 14.8 Å². The number of phenolic OH excluding ortho intramolecular Hbond substituents is 1. The van der Waals surface area contributed by atoms with Gasteiger partial charge < -0.3 is 14.5 Å². The van der Waals surface area contributed by atoms with E-state index in [-0.39, 0.29) is 11.7 Å². The monoisotopic (exact) mass is 388 g/mol. The van der Waals surface area contributed by atoms with Crippen molar-refractivity contribution in [3.8, 4) is 16.9 Å². The highest BCUT2D eigenvalue weighted by Crippen LogP contribution is 2.39. The fourth-order valence-electron chi connectivity index (χ4n) is 3.49. The summed E-state index contributed by atoms with van der Waals surface area (Å²) in [6.45, 7) is 5.45. The summed E-state index contributed by atoms with van der Waals surface area (Å²) in [7, 11) is 0. The molecular formula is C22H20N4O3. The van der Waals surface area contributed by atoms with Crippen molar-refractivity contribution in [3.63, 3.8) is 0 Å². The van der Waals surface area contributed by atoms with Crippen LogP contribution in [0.3, 0.4) is 0 Å². The molecule has 0 bridgehead atoms. The number of fused-ring (bicyclic) bond motifs is 1. The molecular weight excluding hydrogens is 368 g/mol. The zero-order valence-corrected chi connectivity index (χ0v) is 16.4. The summed E-state index contributed by atoms with van der Waals surface area (Å²) in [5, 5.41) is 15.4. The number of aryl methyl sites for hydroxylation is 2. The number of carbonyl (C=O) groups is 1. The van der Waals surface area contributed by atoms with E-state index in [9.17, 15) is 9.90 Å². The average molecular weight is 388 g/mol. The van der Waals surface area contributed by atoms with Crippen LogP contribution in [0.25, 0.3) is 22.0 Å². The number of aromatic nitrogens is 3. The van der Waals surface area contributed by atoms with Crippen LogP contribution in [0.15, 0.2) is 53.3 Å². The molecule has 0 fully saturated rings. The predicted molar refractivity (Wildman–Crippen MR) is 109 cm³/mol. The molecule has 0 aliphatic heterocycles. The van der Waals surface area contributed by atoms with Crippen LogP contribution in [0.5, 0.6) is 5.75 Å². The first-order valence-corrected chi connectivity index (χ1v) is 9.18. The van der Waals surface area contributed by atoms with Crippen LogP contribution in [0, 0.1) is 13.8 Å². The van der Waals surface area contributed by atoms with Gasteiger partial charge in [0.2, 0.25) is 5.91 Å². The molecule has 0 saturated carbocycles. The van der Waals surface area contributed by atoms with E-state index in [0.717, 1.165) is 11.3 Å². The lowest BCUT2D eigenvalue weighted by Gasteiger charge is -2.22. The number of hydrogen-bond donors (Lipinski definition) is 1. The van der Waals surface area contributed by atoms with Crippen molar-refractivity contribution >= 4 is 22.5 Å². The molecule has 4 rings (SSSR count). The van der Waals surface area contributed by atoms with Crippen molar-refractivity contribution < 1.29 is 14.4 Å². The summed E-state index contributed by atoms with van der Waals surface area (Å²) in [6.07, 6.45) is 3.35. The van der Waals surface area contributed by atoms with Gasteiger partial charge in [0, 0.05) is 30.3 Å². The minimum Gasteiger partial charge on any atom is -0.507 e. The summed E-state index contributed by atoms with van der Waals surface area (Å²) in [5.74, 6) is 0.564. The van der Waals surface area contributed by atoms with Crippen LogP contribution < -0.4 is 4.90 Å². The maximum Gasteiger partial charge on any atom is 0.224 e. The molecule has 3 aromatic heterocycles. The van der Waals surface area contributed by atoms with Gasteiger partial charge in [0.25, 0.3) is 0 Å². The molecule has 0 spiro atoms. The van der Waals surface area contributed by atoms with Crippen LogP contribution in [0.4, 0.5) is 5.69 Å². The third-order valence-electron chi connectivity index (χ3n) is 4.86. The van der Waals surface area contributed by atoms with Gasteiger partial charge in [-0.15, -0.1) is 0 Å². The van der Waals surface area contributed by atoms with Gasteiger partial charge in [-0.25, -0.2) is 0 Å². The SMILES string of the molecule is CC(=O)N(Cc1ccccn1)c1ccnc2cc(-c3c(C)noc3C)c(O)cc12. The van der Waals surface area contributed by atoms with E-state index in [4.69, 9.17) is 4.52 Å². The highest BCUT2D eigenvalue weighted by Gasteiger charge is 2.20. The Balaban J connectivity index is 1.85. The molecule has 4 aromatic rings. The first-order valence-electron chi connectivity index (χ1n) is 9.18. The maximum atomic E-state index is 12.4. The van der Waals surface area contributed by atoms with Crippen LogP contribution in [0.1, 0.15) is 24.1 Å². The standard InChI is InChI=1S/C22H20N4O3/c1-13-22(14(2)29-25-13)18-10-19-17(11-21(18)28)20(7-9-24-19)26(15(3)27)12-16-6-4-5-8-23-16/h4-11,28H,12H2,1-3H3. The summed E-state index contributed by atoms with van der Waals surface area (Å²) in [5.41, 5.74) is 4.11. The Morgan fingerprint density at radius 2 is 1.97 bits per heavy atom. The summed E-state index contributed by atoms with van der Waals surface area (Å²) in [4.78, 5) is 22.8. The highest BCUT2D eigenvalue weighted by atomic mass is 16.5. The largest absolute Gasteiger partial charge is 0.507 e. The lowest BCUT2D eigenvalue weighted by molar-refractivity contribution is -0.116. The second-order valence-corrected chi connectivity index (χ2v) is 6.84. The van der Waals surface area contributed by atoms with E-state index in [1.807, 2.05) is 25.1 Å². The molecule has 1 aromatic carbocycles. The minimum absolute atomic E-state index is 0.0717. The molecule has 0 atom stereocenters. The Labute approximate surface area is 167 Å². The second-order valence-electron chi connectivity index (χ2n) is 6.84. The number of rotatable bonds is 4. The molecule has 0 aliphatic carbocycles. The smallest absolute Gasteiger partial charge is 0.224 e. The minimum atomic E-state index is -0.127. The summed E-state index contributed by atoms with van der Waals surface area (Å²) < 4.78 is 5.24. The van der Waals surface area contributed by atoms with Crippen molar-refractivity contribution in [3.05, 3.63) is 65.9 Å². The van der Waals surface area contributed by atoms with Crippen molar-refractivity contribution in [1.29, 1.82) is 0 Å². The number of nitrogens with zero attached hydrogens (tertiary/aromatic N) is 4. The second kappa shape index (κ2) is 7.35. The lowest BCUT2D eigenvalue weighted by Crippen LogP contribution is -2.28. The molecule has 7 heteroatoms. The number of hydrogen-bond acceptors (Lipinski definition) is 6. The summed E-state index contributed by atoms with van der Waals surface area (Å²) in [6, 6.07) is 10.8. The number of anilines is 1. The van der Waals surface area contributed by atoms with Crippen LogP contribution in [0.2, 0.25) is 0 Å². The Morgan fingerprint density at radius 1 is 1.14 bits per heavy atom. The molecule has 0 saturated heterocycles. The molecule has 3 heterocycles. The van der Waals surface area contributed by atoms with Crippen molar-refractivity contribution in [2.24, 2.45) is 0 Å². The molecule has 0 radical (unpaired) electrons. The Kier molecular flexibility index (Phi) is 4.72. The topological polar surface area (TPSA) is 92.4 Å². The Hall–Kier alpha value is -3.74. The zero-order chi connectivity index (χ0) is 20.5. The first kappa shape index (κ1) is 18.6. The van der Waals surface area contributed by atoms with Crippen molar-refractivity contribution in [2.75, 3.05) is 4.90 Å². The number of benzene rings is 1. The quantitative estimate of drug-likeness (QED) is 0.564. The summed E-state index contributed by atoms with van der Waals surface area (Å²) >= 11 is 0. The van der Waals surface area contributed by atoms with E-state index in [1.54, 1.807) is 42.4 Å². The number of carbonyl (C=O) groups excluding carboxylic acids is 1. The third kappa shape index (κ3) is 3.42. The Morgan fingerprint density at radius 3 is 2.62 bits per heavy atom. The molecule has 29 heavy (non-hydrogen) atoms. The number of aromatic hydroxyl groups is 1. The van der Waals surface area contributed by atoms with Gasteiger partial charge in [-0.1, -0.05) is 11.2 Å².